The van der Waals surface area contributed by atoms with Gasteiger partial charge in [-0.1, -0.05) is 42.5 Å². The molecule has 0 atom stereocenters. The van der Waals surface area contributed by atoms with E-state index in [1.54, 1.807) is 30.3 Å². The fourth-order valence-corrected chi connectivity index (χ4v) is 2.94. The van der Waals surface area contributed by atoms with Gasteiger partial charge in [-0.15, -0.1) is 6.58 Å². The van der Waals surface area contributed by atoms with E-state index in [4.69, 9.17) is 12.2 Å². The molecule has 1 N–H and O–H groups in total. The zero-order valence-corrected chi connectivity index (χ0v) is 14.8. The molecule has 6 heteroatoms. The first-order valence-electron chi connectivity index (χ1n) is 7.97. The molecule has 2 aromatic carbocycles. The van der Waals surface area contributed by atoms with Gasteiger partial charge in [-0.2, -0.15) is 0 Å². The molecule has 5 nitrogen and oxygen atoms in total. The molecule has 1 heterocycles. The molecular weight excluding hydrogens is 346 g/mol. The maximum atomic E-state index is 13.0. The smallest absolute Gasteiger partial charge is 0.271 e. The van der Waals surface area contributed by atoms with Crippen molar-refractivity contribution in [3.63, 3.8) is 0 Å². The van der Waals surface area contributed by atoms with Crippen LogP contribution in [0.5, 0.6) is 5.88 Å². The summed E-state index contributed by atoms with van der Waals surface area (Å²) in [6.07, 6.45) is 2.96. The number of para-hydroxylation sites is 2. The summed E-state index contributed by atoms with van der Waals surface area (Å²) in [4.78, 5) is 17.1. The summed E-state index contributed by atoms with van der Waals surface area (Å²) in [6.45, 7) is 3.94. The third-order valence-corrected chi connectivity index (χ3v) is 4.12. The SMILES string of the molecule is C=CCN=Cc1c(O)n(-c2ccccc2)c(=S)n(-c2ccccc2)c1=O. The molecule has 0 radical (unpaired) electrons. The normalized spacial score (nSPS) is 10.9. The van der Waals surface area contributed by atoms with Crippen LogP contribution in [0, 0.1) is 4.77 Å². The monoisotopic (exact) mass is 363 g/mol. The third kappa shape index (κ3) is 3.27. The highest BCUT2D eigenvalue weighted by Gasteiger charge is 2.17. The van der Waals surface area contributed by atoms with Crippen molar-refractivity contribution in [1.82, 2.24) is 9.13 Å². The highest BCUT2D eigenvalue weighted by molar-refractivity contribution is 7.71. The van der Waals surface area contributed by atoms with Gasteiger partial charge in [0, 0.05) is 6.21 Å². The summed E-state index contributed by atoms with van der Waals surface area (Å²) in [7, 11) is 0. The molecule has 0 saturated heterocycles. The molecule has 26 heavy (non-hydrogen) atoms. The lowest BCUT2D eigenvalue weighted by molar-refractivity contribution is 0.430. The number of rotatable bonds is 5. The van der Waals surface area contributed by atoms with Gasteiger partial charge >= 0.3 is 0 Å². The Morgan fingerprint density at radius 3 is 2.08 bits per heavy atom. The molecule has 3 rings (SSSR count). The van der Waals surface area contributed by atoms with Crippen molar-refractivity contribution in [2.45, 2.75) is 0 Å². The Hall–Kier alpha value is -3.25. The van der Waals surface area contributed by atoms with Crippen LogP contribution in [0.4, 0.5) is 0 Å². The standard InChI is InChI=1S/C20H17N3O2S/c1-2-13-21-14-17-18(24)22(15-9-5-3-6-10-15)20(26)23(19(17)25)16-11-7-4-8-12-16/h2-12,14,24H,1,13H2. The molecule has 0 aliphatic carbocycles. The Labute approximate surface area is 155 Å². The van der Waals surface area contributed by atoms with E-state index >= 15 is 0 Å². The maximum absolute atomic E-state index is 13.0. The average Bonchev–Trinajstić information content (AvgIpc) is 2.66. The number of benzene rings is 2. The van der Waals surface area contributed by atoms with Crippen LogP contribution in [0.2, 0.25) is 0 Å². The molecule has 0 aliphatic heterocycles. The number of hydrogen-bond acceptors (Lipinski definition) is 4. The van der Waals surface area contributed by atoms with Gasteiger partial charge in [0.1, 0.15) is 5.56 Å². The Bertz CT molecular complexity index is 1070. The second-order valence-electron chi connectivity index (χ2n) is 5.45. The summed E-state index contributed by atoms with van der Waals surface area (Å²) in [6, 6.07) is 18.2. The molecule has 0 saturated carbocycles. The number of aromatic hydroxyl groups is 1. The van der Waals surface area contributed by atoms with Gasteiger partial charge in [0.25, 0.3) is 5.56 Å². The highest BCUT2D eigenvalue weighted by atomic mass is 32.1. The first-order valence-corrected chi connectivity index (χ1v) is 8.38. The van der Waals surface area contributed by atoms with Crippen molar-refractivity contribution in [3.05, 3.63) is 94.0 Å². The van der Waals surface area contributed by atoms with Crippen molar-refractivity contribution in [3.8, 4) is 17.3 Å². The van der Waals surface area contributed by atoms with Crippen molar-refractivity contribution in [2.75, 3.05) is 6.54 Å². The molecule has 0 bridgehead atoms. The van der Waals surface area contributed by atoms with Crippen molar-refractivity contribution in [1.29, 1.82) is 0 Å². The van der Waals surface area contributed by atoms with Crippen molar-refractivity contribution < 1.29 is 5.11 Å². The van der Waals surface area contributed by atoms with Gasteiger partial charge in [-0.3, -0.25) is 18.9 Å². The lowest BCUT2D eigenvalue weighted by Gasteiger charge is -2.16. The largest absolute Gasteiger partial charge is 0.494 e. The number of aliphatic imine (C=N–C) groups is 1. The van der Waals surface area contributed by atoms with E-state index in [9.17, 15) is 9.90 Å². The van der Waals surface area contributed by atoms with Gasteiger partial charge in [-0.25, -0.2) is 0 Å². The lowest BCUT2D eigenvalue weighted by atomic mass is 10.2. The van der Waals surface area contributed by atoms with Crippen LogP contribution in [-0.2, 0) is 0 Å². The third-order valence-electron chi connectivity index (χ3n) is 3.75. The molecule has 130 valence electrons. The van der Waals surface area contributed by atoms with Gasteiger partial charge in [0.05, 0.1) is 17.9 Å². The quantitative estimate of drug-likeness (QED) is 0.427. The predicted molar refractivity (Wildman–Crippen MR) is 107 cm³/mol. The van der Waals surface area contributed by atoms with E-state index in [2.05, 4.69) is 11.6 Å². The van der Waals surface area contributed by atoms with Crippen LogP contribution >= 0.6 is 12.2 Å². The summed E-state index contributed by atoms with van der Waals surface area (Å²) in [5, 5.41) is 10.7. The van der Waals surface area contributed by atoms with Crippen LogP contribution in [0.1, 0.15) is 5.56 Å². The first kappa shape index (κ1) is 17.6. The van der Waals surface area contributed by atoms with Crippen molar-refractivity contribution in [2.24, 2.45) is 4.99 Å². The molecule has 1 aromatic heterocycles. The zero-order chi connectivity index (χ0) is 18.5. The molecule has 0 amide bonds. The Morgan fingerprint density at radius 2 is 1.54 bits per heavy atom. The van der Waals surface area contributed by atoms with E-state index in [1.165, 1.54) is 15.3 Å². The van der Waals surface area contributed by atoms with Gasteiger partial charge in [0.15, 0.2) is 4.77 Å². The zero-order valence-electron chi connectivity index (χ0n) is 13.9. The summed E-state index contributed by atoms with van der Waals surface area (Å²) in [5.74, 6) is -0.244. The van der Waals surface area contributed by atoms with E-state index in [0.717, 1.165) is 0 Å². The van der Waals surface area contributed by atoms with Gasteiger partial charge in [0.2, 0.25) is 5.88 Å². The van der Waals surface area contributed by atoms with Crippen LogP contribution < -0.4 is 5.56 Å². The molecule has 3 aromatic rings. The highest BCUT2D eigenvalue weighted by Crippen LogP contribution is 2.21. The van der Waals surface area contributed by atoms with E-state index in [1.807, 2.05) is 36.4 Å². The number of hydrogen-bond donors (Lipinski definition) is 1. The van der Waals surface area contributed by atoms with E-state index < -0.39 is 5.56 Å². The minimum Gasteiger partial charge on any atom is -0.494 e. The van der Waals surface area contributed by atoms with Crippen molar-refractivity contribution >= 4 is 18.4 Å². The topological polar surface area (TPSA) is 59.5 Å². The second-order valence-corrected chi connectivity index (χ2v) is 5.81. The fraction of sp³-hybridized carbons (Fsp3) is 0.0500. The Kier molecular flexibility index (Phi) is 5.24. The minimum atomic E-state index is -0.432. The van der Waals surface area contributed by atoms with Crippen LogP contribution in [0.15, 0.2) is 83.1 Å². The van der Waals surface area contributed by atoms with Crippen LogP contribution in [0.3, 0.4) is 0 Å². The van der Waals surface area contributed by atoms with Crippen LogP contribution in [-0.4, -0.2) is 27.0 Å². The lowest BCUT2D eigenvalue weighted by Crippen LogP contribution is -2.27. The van der Waals surface area contributed by atoms with Crippen LogP contribution in [0.25, 0.3) is 11.4 Å². The van der Waals surface area contributed by atoms with E-state index in [-0.39, 0.29) is 16.2 Å². The number of aromatic nitrogens is 2. The molecule has 0 fully saturated rings. The molecule has 0 unspecified atom stereocenters. The van der Waals surface area contributed by atoms with E-state index in [0.29, 0.717) is 17.9 Å². The molecular formula is C20H17N3O2S. The summed E-state index contributed by atoms with van der Waals surface area (Å²) < 4.78 is 3.02. The predicted octanol–water partition coefficient (Wildman–Crippen LogP) is 3.67. The Balaban J connectivity index is 2.39. The fourth-order valence-electron chi connectivity index (χ4n) is 2.56. The average molecular weight is 363 g/mol. The number of nitrogens with zero attached hydrogens (tertiary/aromatic N) is 3. The summed E-state index contributed by atoms with van der Waals surface area (Å²) >= 11 is 5.53. The molecule has 0 spiro atoms. The van der Waals surface area contributed by atoms with Gasteiger partial charge in [-0.05, 0) is 36.5 Å². The Morgan fingerprint density at radius 1 is 1.00 bits per heavy atom. The van der Waals surface area contributed by atoms with Gasteiger partial charge < -0.3 is 5.11 Å². The minimum absolute atomic E-state index is 0.0631. The summed E-state index contributed by atoms with van der Waals surface area (Å²) in [5.41, 5.74) is 0.899. The molecule has 0 aliphatic rings. The second kappa shape index (κ2) is 7.76. The first-order chi connectivity index (χ1) is 12.6. The maximum Gasteiger partial charge on any atom is 0.271 e.